The summed E-state index contributed by atoms with van der Waals surface area (Å²) < 4.78 is 0. The minimum absolute atomic E-state index is 0.162. The van der Waals surface area contributed by atoms with Crippen molar-refractivity contribution in [3.05, 3.63) is 29.8 Å². The van der Waals surface area contributed by atoms with Crippen LogP contribution in [0.3, 0.4) is 0 Å². The summed E-state index contributed by atoms with van der Waals surface area (Å²) in [4.78, 5) is 26.4. The van der Waals surface area contributed by atoms with Crippen molar-refractivity contribution in [2.75, 3.05) is 18.1 Å². The molecule has 2 unspecified atom stereocenters. The molecule has 0 aromatic heterocycles. The summed E-state index contributed by atoms with van der Waals surface area (Å²) in [7, 11) is 0. The molecule has 5 nitrogen and oxygen atoms in total. The monoisotopic (exact) mass is 318 g/mol. The maximum Gasteiger partial charge on any atom is 0.316 e. The summed E-state index contributed by atoms with van der Waals surface area (Å²) in [6, 6.07) is 7.34. The Morgan fingerprint density at radius 2 is 2.04 bits per heavy atom. The van der Waals surface area contributed by atoms with E-state index in [2.05, 4.69) is 12.2 Å². The van der Waals surface area contributed by atoms with Crippen LogP contribution in [0.4, 0.5) is 5.69 Å². The molecular weight excluding hydrogens is 292 g/mol. The van der Waals surface area contributed by atoms with Gasteiger partial charge in [0.1, 0.15) is 0 Å². The standard InChI is InChI=1S/C18H26N2O3/c1-12(2)10-14(11-21)19-17(22)18(23)20-9-8-13(3)15-6-4-5-7-16(15)20/h4-7,12-14,21H,8-11H2,1-3H3,(H,19,22). The van der Waals surface area contributed by atoms with Crippen molar-refractivity contribution < 1.29 is 14.7 Å². The molecule has 0 saturated carbocycles. The molecular formula is C18H26N2O3. The molecule has 0 fully saturated rings. The van der Waals surface area contributed by atoms with Gasteiger partial charge >= 0.3 is 11.8 Å². The number of nitrogens with one attached hydrogen (secondary N) is 1. The van der Waals surface area contributed by atoms with E-state index in [1.165, 1.54) is 0 Å². The van der Waals surface area contributed by atoms with E-state index in [4.69, 9.17) is 0 Å². The van der Waals surface area contributed by atoms with E-state index in [9.17, 15) is 14.7 Å². The van der Waals surface area contributed by atoms with Crippen LogP contribution >= 0.6 is 0 Å². The average Bonchev–Trinajstić information content (AvgIpc) is 2.53. The first-order valence-corrected chi connectivity index (χ1v) is 8.26. The van der Waals surface area contributed by atoms with Crippen molar-refractivity contribution in [3.8, 4) is 0 Å². The summed E-state index contributed by atoms with van der Waals surface area (Å²) in [5, 5.41) is 12.0. The number of aliphatic hydroxyl groups is 1. The second kappa shape index (κ2) is 7.59. The number of hydrogen-bond acceptors (Lipinski definition) is 3. The lowest BCUT2D eigenvalue weighted by molar-refractivity contribution is -0.138. The Morgan fingerprint density at radius 1 is 1.35 bits per heavy atom. The van der Waals surface area contributed by atoms with Crippen LogP contribution in [-0.2, 0) is 9.59 Å². The molecule has 126 valence electrons. The molecule has 2 rings (SSSR count). The lowest BCUT2D eigenvalue weighted by Crippen LogP contribution is -2.49. The lowest BCUT2D eigenvalue weighted by atomic mass is 9.91. The Morgan fingerprint density at radius 3 is 2.70 bits per heavy atom. The summed E-state index contributed by atoms with van der Waals surface area (Å²) >= 11 is 0. The largest absolute Gasteiger partial charge is 0.394 e. The van der Waals surface area contributed by atoms with Crippen LogP contribution < -0.4 is 10.2 Å². The molecule has 5 heteroatoms. The van der Waals surface area contributed by atoms with Gasteiger partial charge in [-0.3, -0.25) is 9.59 Å². The molecule has 0 radical (unpaired) electrons. The van der Waals surface area contributed by atoms with Gasteiger partial charge in [0.25, 0.3) is 0 Å². The van der Waals surface area contributed by atoms with E-state index in [0.717, 1.165) is 17.7 Å². The zero-order valence-corrected chi connectivity index (χ0v) is 14.1. The van der Waals surface area contributed by atoms with Gasteiger partial charge in [0.05, 0.1) is 12.6 Å². The van der Waals surface area contributed by atoms with Crippen molar-refractivity contribution in [3.63, 3.8) is 0 Å². The Labute approximate surface area is 137 Å². The SMILES string of the molecule is CC(C)CC(CO)NC(=O)C(=O)N1CCC(C)c2ccccc21. The first-order chi connectivity index (χ1) is 10.9. The quantitative estimate of drug-likeness (QED) is 0.835. The topological polar surface area (TPSA) is 69.6 Å². The number of nitrogens with zero attached hydrogens (tertiary/aromatic N) is 1. The van der Waals surface area contributed by atoms with Gasteiger partial charge in [-0.15, -0.1) is 0 Å². The Kier molecular flexibility index (Phi) is 5.77. The normalized spacial score (nSPS) is 18.5. The minimum Gasteiger partial charge on any atom is -0.394 e. The number of para-hydroxylation sites is 1. The van der Waals surface area contributed by atoms with Crippen LogP contribution in [0, 0.1) is 5.92 Å². The van der Waals surface area contributed by atoms with Crippen molar-refractivity contribution in [1.29, 1.82) is 0 Å². The molecule has 1 aromatic rings. The Bertz CT molecular complexity index is 571. The number of hydrogen-bond donors (Lipinski definition) is 2. The predicted molar refractivity (Wildman–Crippen MR) is 90.3 cm³/mol. The van der Waals surface area contributed by atoms with Crippen LogP contribution in [0.2, 0.25) is 0 Å². The zero-order chi connectivity index (χ0) is 17.0. The predicted octanol–water partition coefficient (Wildman–Crippen LogP) is 2.05. The lowest BCUT2D eigenvalue weighted by Gasteiger charge is -2.32. The number of rotatable bonds is 4. The summed E-state index contributed by atoms with van der Waals surface area (Å²) in [6.07, 6.45) is 1.48. The fourth-order valence-electron chi connectivity index (χ4n) is 3.08. The van der Waals surface area contributed by atoms with Crippen LogP contribution in [0.5, 0.6) is 0 Å². The van der Waals surface area contributed by atoms with Crippen molar-refractivity contribution in [2.24, 2.45) is 5.92 Å². The minimum atomic E-state index is -0.644. The molecule has 2 N–H and O–H groups in total. The Balaban J connectivity index is 2.11. The first kappa shape index (κ1) is 17.5. The Hall–Kier alpha value is -1.88. The van der Waals surface area contributed by atoms with Gasteiger partial charge in [0, 0.05) is 12.2 Å². The molecule has 0 spiro atoms. The van der Waals surface area contributed by atoms with Gasteiger partial charge in [-0.05, 0) is 36.3 Å². The molecule has 1 aliphatic heterocycles. The van der Waals surface area contributed by atoms with E-state index in [1.54, 1.807) is 4.90 Å². The van der Waals surface area contributed by atoms with E-state index >= 15 is 0 Å². The van der Waals surface area contributed by atoms with E-state index in [1.807, 2.05) is 38.1 Å². The molecule has 23 heavy (non-hydrogen) atoms. The third-order valence-electron chi connectivity index (χ3n) is 4.30. The van der Waals surface area contributed by atoms with Crippen LogP contribution in [-0.4, -0.2) is 36.1 Å². The van der Waals surface area contributed by atoms with Crippen molar-refractivity contribution >= 4 is 17.5 Å². The van der Waals surface area contributed by atoms with Gasteiger partial charge in [-0.2, -0.15) is 0 Å². The van der Waals surface area contributed by atoms with Crippen molar-refractivity contribution in [1.82, 2.24) is 5.32 Å². The molecule has 0 aliphatic carbocycles. The second-order valence-electron chi connectivity index (χ2n) is 6.69. The summed E-state index contributed by atoms with van der Waals surface area (Å²) in [5.41, 5.74) is 1.91. The summed E-state index contributed by atoms with van der Waals surface area (Å²) in [5.74, 6) is -0.482. The highest BCUT2D eigenvalue weighted by atomic mass is 16.3. The summed E-state index contributed by atoms with van der Waals surface area (Å²) in [6.45, 7) is 6.53. The third kappa shape index (κ3) is 4.10. The molecule has 1 aliphatic rings. The average molecular weight is 318 g/mol. The highest BCUT2D eigenvalue weighted by Gasteiger charge is 2.30. The number of aliphatic hydroxyl groups excluding tert-OH is 1. The first-order valence-electron chi connectivity index (χ1n) is 8.26. The van der Waals surface area contributed by atoms with E-state index in [0.29, 0.717) is 24.8 Å². The van der Waals surface area contributed by atoms with Crippen LogP contribution in [0.15, 0.2) is 24.3 Å². The van der Waals surface area contributed by atoms with Crippen LogP contribution in [0.25, 0.3) is 0 Å². The zero-order valence-electron chi connectivity index (χ0n) is 14.1. The van der Waals surface area contributed by atoms with Crippen molar-refractivity contribution in [2.45, 2.75) is 45.6 Å². The third-order valence-corrected chi connectivity index (χ3v) is 4.30. The number of anilines is 1. The van der Waals surface area contributed by atoms with Gasteiger partial charge in [0.15, 0.2) is 0 Å². The van der Waals surface area contributed by atoms with E-state index in [-0.39, 0.29) is 12.6 Å². The van der Waals surface area contributed by atoms with E-state index < -0.39 is 11.8 Å². The molecule has 2 atom stereocenters. The molecule has 1 aromatic carbocycles. The maximum absolute atomic E-state index is 12.5. The number of amides is 2. The van der Waals surface area contributed by atoms with Gasteiger partial charge < -0.3 is 15.3 Å². The van der Waals surface area contributed by atoms with Gasteiger partial charge in [0.2, 0.25) is 0 Å². The molecule has 0 bridgehead atoms. The number of fused-ring (bicyclic) bond motifs is 1. The number of benzene rings is 1. The maximum atomic E-state index is 12.5. The molecule has 0 saturated heterocycles. The highest BCUT2D eigenvalue weighted by Crippen LogP contribution is 2.34. The molecule has 1 heterocycles. The highest BCUT2D eigenvalue weighted by molar-refractivity contribution is 6.40. The van der Waals surface area contributed by atoms with Gasteiger partial charge in [-0.25, -0.2) is 0 Å². The van der Waals surface area contributed by atoms with Gasteiger partial charge in [-0.1, -0.05) is 39.0 Å². The van der Waals surface area contributed by atoms with Crippen LogP contribution in [0.1, 0.15) is 45.1 Å². The fourth-order valence-corrected chi connectivity index (χ4v) is 3.08. The smallest absolute Gasteiger partial charge is 0.316 e. The molecule has 2 amide bonds. The number of carbonyl (C=O) groups is 2. The second-order valence-corrected chi connectivity index (χ2v) is 6.69. The number of carbonyl (C=O) groups excluding carboxylic acids is 2. The fraction of sp³-hybridized carbons (Fsp3) is 0.556.